The van der Waals surface area contributed by atoms with Crippen molar-refractivity contribution in [3.05, 3.63) is 35.4 Å². The lowest BCUT2D eigenvalue weighted by Crippen LogP contribution is -2.50. The zero-order valence-corrected chi connectivity index (χ0v) is 14.1. The Morgan fingerprint density at radius 1 is 1.23 bits per heavy atom. The highest BCUT2D eigenvalue weighted by molar-refractivity contribution is 5.74. The van der Waals surface area contributed by atoms with Gasteiger partial charge in [0.15, 0.2) is 0 Å². The predicted octanol–water partition coefficient (Wildman–Crippen LogP) is 2.10. The summed E-state index contributed by atoms with van der Waals surface area (Å²) in [6.07, 6.45) is 1.33. The van der Waals surface area contributed by atoms with Crippen molar-refractivity contribution in [2.24, 2.45) is 0 Å². The molecule has 22 heavy (non-hydrogen) atoms. The molecule has 0 fully saturated rings. The number of benzene rings is 1. The van der Waals surface area contributed by atoms with Crippen LogP contribution in [0.4, 0.5) is 4.79 Å². The Balaban J connectivity index is 2.46. The van der Waals surface area contributed by atoms with Crippen molar-refractivity contribution in [3.63, 3.8) is 0 Å². The average molecular weight is 307 g/mol. The van der Waals surface area contributed by atoms with Gasteiger partial charge in [-0.05, 0) is 45.0 Å². The van der Waals surface area contributed by atoms with E-state index in [1.807, 2.05) is 40.1 Å². The smallest absolute Gasteiger partial charge is 0.315 e. The third-order valence-electron chi connectivity index (χ3n) is 3.83. The maximum atomic E-state index is 12.0. The number of carbonyl (C=O) groups is 1. The van der Waals surface area contributed by atoms with Gasteiger partial charge in [-0.25, -0.2) is 4.79 Å². The van der Waals surface area contributed by atoms with Gasteiger partial charge < -0.3 is 20.6 Å². The molecule has 0 aliphatic heterocycles. The van der Waals surface area contributed by atoms with Gasteiger partial charge in [-0.1, -0.05) is 31.2 Å². The third-order valence-corrected chi connectivity index (χ3v) is 3.83. The number of rotatable bonds is 8. The molecule has 1 unspecified atom stereocenters. The topological polar surface area (TPSA) is 64.6 Å². The SMILES string of the molecule is CCC(C)(CCO)NC(=O)NCc1ccc(CN(C)C)cc1. The van der Waals surface area contributed by atoms with Gasteiger partial charge in [0, 0.05) is 25.2 Å². The van der Waals surface area contributed by atoms with Crippen LogP contribution in [0.5, 0.6) is 0 Å². The van der Waals surface area contributed by atoms with Crippen LogP contribution in [-0.2, 0) is 13.1 Å². The van der Waals surface area contributed by atoms with Gasteiger partial charge in [-0.3, -0.25) is 0 Å². The highest BCUT2D eigenvalue weighted by atomic mass is 16.3. The molecule has 1 aromatic rings. The fourth-order valence-electron chi connectivity index (χ4n) is 2.20. The zero-order chi connectivity index (χ0) is 16.6. The van der Waals surface area contributed by atoms with Crippen molar-refractivity contribution in [3.8, 4) is 0 Å². The fourth-order valence-corrected chi connectivity index (χ4v) is 2.20. The first-order chi connectivity index (χ1) is 10.4. The molecule has 0 radical (unpaired) electrons. The Labute approximate surface area is 133 Å². The molecular formula is C17H29N3O2. The van der Waals surface area contributed by atoms with Crippen LogP contribution in [0, 0.1) is 0 Å². The minimum atomic E-state index is -0.367. The molecule has 0 heterocycles. The van der Waals surface area contributed by atoms with Crippen molar-refractivity contribution in [2.45, 2.75) is 45.3 Å². The Morgan fingerprint density at radius 3 is 2.32 bits per heavy atom. The normalized spacial score (nSPS) is 13.7. The van der Waals surface area contributed by atoms with E-state index in [4.69, 9.17) is 5.11 Å². The highest BCUT2D eigenvalue weighted by Gasteiger charge is 2.23. The van der Waals surface area contributed by atoms with Crippen LogP contribution >= 0.6 is 0 Å². The number of urea groups is 1. The summed E-state index contributed by atoms with van der Waals surface area (Å²) in [4.78, 5) is 14.1. The van der Waals surface area contributed by atoms with Gasteiger partial charge in [0.05, 0.1) is 0 Å². The van der Waals surface area contributed by atoms with E-state index in [0.29, 0.717) is 13.0 Å². The molecule has 0 spiro atoms. The zero-order valence-electron chi connectivity index (χ0n) is 14.1. The number of aliphatic hydroxyl groups is 1. The quantitative estimate of drug-likeness (QED) is 0.689. The molecule has 5 nitrogen and oxygen atoms in total. The van der Waals surface area contributed by atoms with E-state index in [9.17, 15) is 4.79 Å². The van der Waals surface area contributed by atoms with Gasteiger partial charge in [-0.2, -0.15) is 0 Å². The van der Waals surface area contributed by atoms with Crippen LogP contribution in [0.1, 0.15) is 37.8 Å². The summed E-state index contributed by atoms with van der Waals surface area (Å²) in [5, 5.41) is 14.9. The second-order valence-corrected chi connectivity index (χ2v) is 6.25. The monoisotopic (exact) mass is 307 g/mol. The maximum Gasteiger partial charge on any atom is 0.315 e. The molecule has 124 valence electrons. The second-order valence-electron chi connectivity index (χ2n) is 6.25. The molecule has 3 N–H and O–H groups in total. The van der Waals surface area contributed by atoms with E-state index in [1.54, 1.807) is 0 Å². The predicted molar refractivity (Wildman–Crippen MR) is 89.6 cm³/mol. The minimum absolute atomic E-state index is 0.0674. The molecule has 1 aromatic carbocycles. The first-order valence-corrected chi connectivity index (χ1v) is 7.78. The minimum Gasteiger partial charge on any atom is -0.396 e. The number of nitrogens with one attached hydrogen (secondary N) is 2. The summed E-state index contributed by atoms with van der Waals surface area (Å²) in [6.45, 7) is 5.41. The number of carbonyl (C=O) groups excluding carboxylic acids is 1. The summed E-state index contributed by atoms with van der Waals surface area (Å²) in [7, 11) is 4.08. The first-order valence-electron chi connectivity index (χ1n) is 7.78. The van der Waals surface area contributed by atoms with E-state index in [-0.39, 0.29) is 18.2 Å². The van der Waals surface area contributed by atoms with Crippen molar-refractivity contribution in [1.82, 2.24) is 15.5 Å². The lowest BCUT2D eigenvalue weighted by Gasteiger charge is -2.29. The summed E-state index contributed by atoms with van der Waals surface area (Å²) in [6, 6.07) is 8.03. The molecular weight excluding hydrogens is 278 g/mol. The summed E-state index contributed by atoms with van der Waals surface area (Å²) < 4.78 is 0. The van der Waals surface area contributed by atoms with Gasteiger partial charge >= 0.3 is 6.03 Å². The van der Waals surface area contributed by atoms with Gasteiger partial charge in [0.2, 0.25) is 0 Å². The molecule has 0 saturated heterocycles. The van der Waals surface area contributed by atoms with Crippen LogP contribution in [0.25, 0.3) is 0 Å². The standard InChI is InChI=1S/C17H29N3O2/c1-5-17(2,10-11-21)19-16(22)18-12-14-6-8-15(9-7-14)13-20(3)4/h6-9,21H,5,10-13H2,1-4H3,(H2,18,19,22). The van der Waals surface area contributed by atoms with Crippen LogP contribution < -0.4 is 10.6 Å². The van der Waals surface area contributed by atoms with Crippen molar-refractivity contribution in [2.75, 3.05) is 20.7 Å². The van der Waals surface area contributed by atoms with Crippen molar-refractivity contribution in [1.29, 1.82) is 0 Å². The van der Waals surface area contributed by atoms with Gasteiger partial charge in [-0.15, -0.1) is 0 Å². The summed E-state index contributed by atoms with van der Waals surface area (Å²) >= 11 is 0. The van der Waals surface area contributed by atoms with Crippen LogP contribution in [0.2, 0.25) is 0 Å². The van der Waals surface area contributed by atoms with Crippen molar-refractivity contribution < 1.29 is 9.90 Å². The van der Waals surface area contributed by atoms with E-state index in [2.05, 4.69) is 27.7 Å². The highest BCUT2D eigenvalue weighted by Crippen LogP contribution is 2.13. The summed E-state index contributed by atoms with van der Waals surface area (Å²) in [5.74, 6) is 0. The lowest BCUT2D eigenvalue weighted by atomic mass is 9.95. The van der Waals surface area contributed by atoms with Crippen LogP contribution in [-0.4, -0.2) is 42.3 Å². The van der Waals surface area contributed by atoms with E-state index in [0.717, 1.165) is 18.5 Å². The number of amides is 2. The number of nitrogens with zero attached hydrogens (tertiary/aromatic N) is 1. The molecule has 0 saturated carbocycles. The van der Waals surface area contributed by atoms with E-state index < -0.39 is 0 Å². The summed E-state index contributed by atoms with van der Waals surface area (Å²) in [5.41, 5.74) is 1.95. The fraction of sp³-hybridized carbons (Fsp3) is 0.588. The molecule has 5 heteroatoms. The number of aliphatic hydroxyl groups excluding tert-OH is 1. The molecule has 0 bridgehead atoms. The van der Waals surface area contributed by atoms with Crippen LogP contribution in [0.3, 0.4) is 0 Å². The lowest BCUT2D eigenvalue weighted by molar-refractivity contribution is 0.200. The maximum absolute atomic E-state index is 12.0. The average Bonchev–Trinajstić information content (AvgIpc) is 2.46. The first kappa shape index (κ1) is 18.5. The Bertz CT molecular complexity index is 459. The molecule has 1 atom stereocenters. The molecule has 0 aliphatic carbocycles. The second kappa shape index (κ2) is 8.76. The third kappa shape index (κ3) is 6.45. The molecule has 0 aromatic heterocycles. The Hall–Kier alpha value is -1.59. The van der Waals surface area contributed by atoms with E-state index >= 15 is 0 Å². The van der Waals surface area contributed by atoms with E-state index in [1.165, 1.54) is 5.56 Å². The molecule has 1 rings (SSSR count). The van der Waals surface area contributed by atoms with Gasteiger partial charge in [0.1, 0.15) is 0 Å². The van der Waals surface area contributed by atoms with Crippen molar-refractivity contribution >= 4 is 6.03 Å². The number of hydrogen-bond donors (Lipinski definition) is 3. The Morgan fingerprint density at radius 2 is 1.82 bits per heavy atom. The molecule has 2 amide bonds. The molecule has 0 aliphatic rings. The van der Waals surface area contributed by atoms with Gasteiger partial charge in [0.25, 0.3) is 0 Å². The largest absolute Gasteiger partial charge is 0.396 e. The number of hydrogen-bond acceptors (Lipinski definition) is 3. The Kier molecular flexibility index (Phi) is 7.35. The van der Waals surface area contributed by atoms with Crippen LogP contribution in [0.15, 0.2) is 24.3 Å².